The number of rotatable bonds is 5. The molecule has 2 aromatic heterocycles. The van der Waals surface area contributed by atoms with Gasteiger partial charge >= 0.3 is 0 Å². The van der Waals surface area contributed by atoms with Crippen LogP contribution in [0.1, 0.15) is 16.7 Å². The van der Waals surface area contributed by atoms with Gasteiger partial charge in [-0.15, -0.1) is 11.3 Å². The number of carbonyl (C=O) groups is 1. The van der Waals surface area contributed by atoms with Crippen LogP contribution in [0, 0.1) is 25.2 Å². The van der Waals surface area contributed by atoms with Gasteiger partial charge in [-0.05, 0) is 48.2 Å². The second kappa shape index (κ2) is 8.54. The first-order valence-electron chi connectivity index (χ1n) is 9.76. The lowest BCUT2D eigenvalue weighted by atomic mass is 10.0. The smallest absolute Gasteiger partial charge is 0.263 e. The van der Waals surface area contributed by atoms with E-state index in [0.29, 0.717) is 22.3 Å². The van der Waals surface area contributed by atoms with Gasteiger partial charge in [0, 0.05) is 16.6 Å². The van der Waals surface area contributed by atoms with E-state index in [1.165, 1.54) is 27.8 Å². The highest BCUT2D eigenvalue weighted by Crippen LogP contribution is 2.31. The lowest BCUT2D eigenvalue weighted by Gasteiger charge is -2.09. The summed E-state index contributed by atoms with van der Waals surface area (Å²) in [7, 11) is 0. The number of hydrogen-bond donors (Lipinski definition) is 1. The van der Waals surface area contributed by atoms with Gasteiger partial charge in [0.15, 0.2) is 0 Å². The molecule has 0 radical (unpaired) electrons. The van der Waals surface area contributed by atoms with E-state index >= 15 is 0 Å². The fourth-order valence-corrected chi connectivity index (χ4v) is 4.26. The Morgan fingerprint density at radius 2 is 1.94 bits per heavy atom. The number of aromatic nitrogens is 2. The molecule has 0 aliphatic carbocycles. The van der Waals surface area contributed by atoms with Gasteiger partial charge in [0.25, 0.3) is 5.56 Å². The molecule has 0 aliphatic heterocycles. The maximum absolute atomic E-state index is 13.2. The molecule has 0 atom stereocenters. The number of nitrogens with zero attached hydrogens (tertiary/aromatic N) is 3. The average Bonchev–Trinajstić information content (AvgIpc) is 3.19. The van der Waals surface area contributed by atoms with Gasteiger partial charge in [0.1, 0.15) is 11.4 Å². The van der Waals surface area contributed by atoms with Crippen molar-refractivity contribution < 1.29 is 4.79 Å². The SMILES string of the molecule is Cc1ccc(-c2csc3ncn(CC(=O)Nc4ccc(CC#N)cc4)c(=O)c23)cc1C. The van der Waals surface area contributed by atoms with Gasteiger partial charge in [-0.1, -0.05) is 30.3 Å². The summed E-state index contributed by atoms with van der Waals surface area (Å²) in [5.74, 6) is -0.320. The van der Waals surface area contributed by atoms with Gasteiger partial charge in [0.2, 0.25) is 5.91 Å². The fraction of sp³-hybridized carbons (Fsp3) is 0.167. The summed E-state index contributed by atoms with van der Waals surface area (Å²) in [6.07, 6.45) is 1.74. The lowest BCUT2D eigenvalue weighted by molar-refractivity contribution is -0.116. The van der Waals surface area contributed by atoms with E-state index in [1.54, 1.807) is 24.3 Å². The highest BCUT2D eigenvalue weighted by atomic mass is 32.1. The molecule has 0 bridgehead atoms. The number of thiophene rings is 1. The first-order chi connectivity index (χ1) is 15.0. The highest BCUT2D eigenvalue weighted by Gasteiger charge is 2.15. The summed E-state index contributed by atoms with van der Waals surface area (Å²) in [5, 5.41) is 14.0. The van der Waals surface area contributed by atoms with Crippen LogP contribution in [0.4, 0.5) is 5.69 Å². The Balaban J connectivity index is 1.60. The number of nitriles is 1. The Hall–Kier alpha value is -3.76. The number of hydrogen-bond acceptors (Lipinski definition) is 5. The topological polar surface area (TPSA) is 87.8 Å². The van der Waals surface area contributed by atoms with E-state index < -0.39 is 0 Å². The minimum atomic E-state index is -0.320. The molecule has 0 saturated carbocycles. The van der Waals surface area contributed by atoms with Gasteiger partial charge in [-0.25, -0.2) is 4.98 Å². The summed E-state index contributed by atoms with van der Waals surface area (Å²) in [5.41, 5.74) is 5.40. The third-order valence-corrected chi connectivity index (χ3v) is 6.10. The zero-order valence-corrected chi connectivity index (χ0v) is 18.0. The number of nitrogens with one attached hydrogen (secondary N) is 1. The van der Waals surface area contributed by atoms with E-state index in [4.69, 9.17) is 5.26 Å². The molecule has 0 aliphatic rings. The fourth-order valence-electron chi connectivity index (χ4n) is 3.35. The van der Waals surface area contributed by atoms with Crippen LogP contribution in [0.2, 0.25) is 0 Å². The number of amides is 1. The molecular formula is C24H20N4O2S. The molecule has 1 N–H and O–H groups in total. The molecule has 0 unspecified atom stereocenters. The normalized spacial score (nSPS) is 10.7. The van der Waals surface area contributed by atoms with Crippen LogP contribution in [0.15, 0.2) is 59.0 Å². The molecule has 4 aromatic rings. The molecule has 4 rings (SSSR count). The van der Waals surface area contributed by atoms with Crippen LogP contribution in [0.25, 0.3) is 21.3 Å². The Kier molecular flexibility index (Phi) is 5.65. The second-order valence-corrected chi connectivity index (χ2v) is 8.24. The third-order valence-electron chi connectivity index (χ3n) is 5.21. The van der Waals surface area contributed by atoms with Crippen LogP contribution < -0.4 is 10.9 Å². The largest absolute Gasteiger partial charge is 0.325 e. The van der Waals surface area contributed by atoms with E-state index in [9.17, 15) is 9.59 Å². The maximum Gasteiger partial charge on any atom is 0.263 e. The lowest BCUT2D eigenvalue weighted by Crippen LogP contribution is -2.27. The van der Waals surface area contributed by atoms with Crippen molar-refractivity contribution in [3.05, 3.63) is 81.2 Å². The molecule has 1 amide bonds. The quantitative estimate of drug-likeness (QED) is 0.509. The first-order valence-corrected chi connectivity index (χ1v) is 10.6. The molecule has 31 heavy (non-hydrogen) atoms. The maximum atomic E-state index is 13.2. The van der Waals surface area contributed by atoms with Crippen molar-refractivity contribution in [2.45, 2.75) is 26.8 Å². The van der Waals surface area contributed by atoms with Crippen molar-refractivity contribution in [3.63, 3.8) is 0 Å². The molecule has 7 heteroatoms. The van der Waals surface area contributed by atoms with Crippen LogP contribution in [0.3, 0.4) is 0 Å². The zero-order valence-electron chi connectivity index (χ0n) is 17.2. The van der Waals surface area contributed by atoms with Crippen LogP contribution in [-0.4, -0.2) is 15.5 Å². The predicted molar refractivity (Wildman–Crippen MR) is 123 cm³/mol. The Morgan fingerprint density at radius 1 is 1.16 bits per heavy atom. The van der Waals surface area contributed by atoms with Crippen molar-refractivity contribution >= 4 is 33.1 Å². The summed E-state index contributed by atoms with van der Waals surface area (Å²) in [6.45, 7) is 3.96. The van der Waals surface area contributed by atoms with Gasteiger partial charge in [-0.2, -0.15) is 5.26 Å². The van der Waals surface area contributed by atoms with Crippen molar-refractivity contribution in [2.75, 3.05) is 5.32 Å². The van der Waals surface area contributed by atoms with Crippen LogP contribution >= 0.6 is 11.3 Å². The third kappa shape index (κ3) is 4.25. The molecule has 0 saturated heterocycles. The zero-order chi connectivity index (χ0) is 22.0. The van der Waals surface area contributed by atoms with Gasteiger partial charge in [0.05, 0.1) is 24.2 Å². The van der Waals surface area contributed by atoms with Gasteiger partial charge < -0.3 is 5.32 Å². The van der Waals surface area contributed by atoms with E-state index in [-0.39, 0.29) is 18.0 Å². The second-order valence-electron chi connectivity index (χ2n) is 7.39. The Bertz CT molecular complexity index is 1380. The van der Waals surface area contributed by atoms with Crippen molar-refractivity contribution in [3.8, 4) is 17.2 Å². The van der Waals surface area contributed by atoms with Crippen LogP contribution in [-0.2, 0) is 17.8 Å². The van der Waals surface area contributed by atoms with E-state index in [0.717, 1.165) is 22.3 Å². The summed E-state index contributed by atoms with van der Waals surface area (Å²) < 4.78 is 1.33. The Labute approximate surface area is 183 Å². The molecule has 6 nitrogen and oxygen atoms in total. The molecule has 2 heterocycles. The van der Waals surface area contributed by atoms with Crippen LogP contribution in [0.5, 0.6) is 0 Å². The minimum Gasteiger partial charge on any atom is -0.325 e. The van der Waals surface area contributed by atoms with Gasteiger partial charge in [-0.3, -0.25) is 14.2 Å². The molecule has 0 spiro atoms. The van der Waals surface area contributed by atoms with E-state index in [1.807, 2.05) is 24.4 Å². The Morgan fingerprint density at radius 3 is 2.65 bits per heavy atom. The number of benzene rings is 2. The monoisotopic (exact) mass is 428 g/mol. The number of fused-ring (bicyclic) bond motifs is 1. The average molecular weight is 429 g/mol. The summed E-state index contributed by atoms with van der Waals surface area (Å²) >= 11 is 1.42. The standard InChI is InChI=1S/C24H20N4O2S/c1-15-3-6-18(11-16(15)2)20-13-31-23-22(20)24(30)28(14-26-23)12-21(29)27-19-7-4-17(5-8-19)9-10-25/h3-8,11,13-14H,9,12H2,1-2H3,(H,27,29). The van der Waals surface area contributed by atoms with Crippen molar-refractivity contribution in [2.24, 2.45) is 0 Å². The van der Waals surface area contributed by atoms with Crippen molar-refractivity contribution in [1.82, 2.24) is 9.55 Å². The summed E-state index contributed by atoms with van der Waals surface area (Å²) in [6, 6.07) is 15.3. The summed E-state index contributed by atoms with van der Waals surface area (Å²) in [4.78, 5) is 30.7. The molecule has 2 aromatic carbocycles. The molecule has 154 valence electrons. The number of anilines is 1. The number of carbonyl (C=O) groups excluding carboxylic acids is 1. The first kappa shape index (κ1) is 20.5. The van der Waals surface area contributed by atoms with E-state index in [2.05, 4.69) is 29.4 Å². The van der Waals surface area contributed by atoms with Crippen molar-refractivity contribution in [1.29, 1.82) is 5.26 Å². The predicted octanol–water partition coefficient (Wildman–Crippen LogP) is 4.45. The highest BCUT2D eigenvalue weighted by molar-refractivity contribution is 7.17. The molecular weight excluding hydrogens is 408 g/mol. The number of aryl methyl sites for hydroxylation is 2. The minimum absolute atomic E-state index is 0.135. The molecule has 0 fully saturated rings.